The molecule has 1 aliphatic heterocycles. The Labute approximate surface area is 118 Å². The number of amides is 2. The van der Waals surface area contributed by atoms with E-state index in [4.69, 9.17) is 0 Å². The van der Waals surface area contributed by atoms with E-state index < -0.39 is 0 Å². The Kier molecular flexibility index (Phi) is 4.70. The van der Waals surface area contributed by atoms with Gasteiger partial charge < -0.3 is 10.2 Å². The third-order valence-electron chi connectivity index (χ3n) is 3.41. The number of H-pyrrole nitrogens is 1. The lowest BCUT2D eigenvalue weighted by Crippen LogP contribution is -2.57. The number of aryl methyl sites for hydroxylation is 1. The van der Waals surface area contributed by atoms with Gasteiger partial charge >= 0.3 is 0 Å². The third kappa shape index (κ3) is 3.55. The minimum absolute atomic E-state index is 0.00787. The van der Waals surface area contributed by atoms with Crippen LogP contribution in [0.1, 0.15) is 32.4 Å². The van der Waals surface area contributed by atoms with Crippen LogP contribution in [0.2, 0.25) is 0 Å². The molecule has 7 nitrogen and oxygen atoms in total. The molecule has 0 unspecified atom stereocenters. The fourth-order valence-corrected chi connectivity index (χ4v) is 2.42. The zero-order chi connectivity index (χ0) is 14.5. The van der Waals surface area contributed by atoms with Crippen molar-refractivity contribution in [3.05, 3.63) is 11.9 Å². The summed E-state index contributed by atoms with van der Waals surface area (Å²) in [5, 5.41) is 13.0. The van der Waals surface area contributed by atoms with E-state index in [1.165, 1.54) is 0 Å². The number of nitrogens with zero attached hydrogens (tertiary/aromatic N) is 3. The van der Waals surface area contributed by atoms with Gasteiger partial charge in [-0.15, -0.1) is 0 Å². The topological polar surface area (TPSA) is 91.0 Å². The Bertz CT molecular complexity index is 457. The van der Waals surface area contributed by atoms with Crippen LogP contribution in [0.5, 0.6) is 0 Å². The number of piperazine rings is 1. The molecular formula is C13H21N5O2. The smallest absolute Gasteiger partial charge is 0.242 e. The summed E-state index contributed by atoms with van der Waals surface area (Å²) < 4.78 is 0. The molecule has 1 fully saturated rings. The summed E-state index contributed by atoms with van der Waals surface area (Å²) in [6.07, 6.45) is 3.21. The summed E-state index contributed by atoms with van der Waals surface area (Å²) in [6, 6.07) is -0.339. The van der Waals surface area contributed by atoms with E-state index in [9.17, 15) is 9.59 Å². The first-order valence-corrected chi connectivity index (χ1v) is 6.99. The quantitative estimate of drug-likeness (QED) is 0.800. The molecule has 0 spiro atoms. The van der Waals surface area contributed by atoms with Crippen molar-refractivity contribution in [1.29, 1.82) is 0 Å². The van der Waals surface area contributed by atoms with Crippen LogP contribution >= 0.6 is 0 Å². The van der Waals surface area contributed by atoms with Crippen molar-refractivity contribution in [2.24, 2.45) is 5.92 Å². The second kappa shape index (κ2) is 6.49. The minimum atomic E-state index is -0.339. The van der Waals surface area contributed by atoms with Gasteiger partial charge in [0.2, 0.25) is 11.8 Å². The molecular weight excluding hydrogens is 258 g/mol. The van der Waals surface area contributed by atoms with Gasteiger partial charge in [-0.25, -0.2) is 0 Å². The van der Waals surface area contributed by atoms with Crippen molar-refractivity contribution in [2.75, 3.05) is 13.1 Å². The Balaban J connectivity index is 1.96. The molecule has 110 valence electrons. The van der Waals surface area contributed by atoms with Gasteiger partial charge in [-0.1, -0.05) is 13.8 Å². The number of carbonyl (C=O) groups excluding carboxylic acids is 2. The highest BCUT2D eigenvalue weighted by Gasteiger charge is 2.32. The fraction of sp³-hybridized carbons (Fsp3) is 0.692. The maximum atomic E-state index is 12.3. The van der Waals surface area contributed by atoms with Gasteiger partial charge in [0.25, 0.3) is 0 Å². The van der Waals surface area contributed by atoms with E-state index >= 15 is 0 Å². The number of rotatable bonds is 5. The van der Waals surface area contributed by atoms with E-state index in [1.807, 2.05) is 0 Å². The molecule has 0 radical (unpaired) electrons. The lowest BCUT2D eigenvalue weighted by atomic mass is 9.99. The van der Waals surface area contributed by atoms with E-state index in [2.05, 4.69) is 34.6 Å². The first-order valence-electron chi connectivity index (χ1n) is 6.99. The average molecular weight is 279 g/mol. The molecule has 1 saturated heterocycles. The van der Waals surface area contributed by atoms with E-state index in [0.29, 0.717) is 38.3 Å². The van der Waals surface area contributed by atoms with Crippen LogP contribution in [0.3, 0.4) is 0 Å². The second-order valence-electron chi connectivity index (χ2n) is 5.48. The molecule has 20 heavy (non-hydrogen) atoms. The van der Waals surface area contributed by atoms with Crippen molar-refractivity contribution in [2.45, 2.75) is 39.2 Å². The van der Waals surface area contributed by atoms with Gasteiger partial charge in [0.1, 0.15) is 6.04 Å². The minimum Gasteiger partial charge on any atom is -0.353 e. The van der Waals surface area contributed by atoms with E-state index in [-0.39, 0.29) is 17.9 Å². The number of nitrogens with one attached hydrogen (secondary N) is 2. The lowest BCUT2D eigenvalue weighted by molar-refractivity contribution is -0.143. The Morgan fingerprint density at radius 3 is 3.00 bits per heavy atom. The molecule has 1 aromatic rings. The van der Waals surface area contributed by atoms with Crippen molar-refractivity contribution in [1.82, 2.24) is 25.6 Å². The molecule has 2 amide bonds. The predicted molar refractivity (Wildman–Crippen MR) is 72.7 cm³/mol. The number of hydrogen-bond acceptors (Lipinski definition) is 4. The van der Waals surface area contributed by atoms with Crippen LogP contribution in [0.15, 0.2) is 6.20 Å². The van der Waals surface area contributed by atoms with Crippen LogP contribution in [-0.4, -0.2) is 51.3 Å². The molecule has 2 heterocycles. The highest BCUT2D eigenvalue weighted by atomic mass is 16.2. The van der Waals surface area contributed by atoms with Crippen molar-refractivity contribution >= 4 is 11.8 Å². The number of aromatic nitrogens is 3. The number of carbonyl (C=O) groups is 2. The molecule has 1 aromatic heterocycles. The summed E-state index contributed by atoms with van der Waals surface area (Å²) in [5.74, 6) is 0.336. The van der Waals surface area contributed by atoms with Crippen LogP contribution in [0, 0.1) is 5.92 Å². The standard InChI is InChI=1S/C13H21N5O2/c1-9(2)7-11-13(20)14-5-6-18(11)12(19)4-3-10-8-15-17-16-10/h8-9,11H,3-7H2,1-2H3,(H,14,20)(H,15,16,17)/t11-/m1/s1. The Morgan fingerprint density at radius 1 is 1.55 bits per heavy atom. The number of aromatic amines is 1. The normalized spacial score (nSPS) is 19.2. The molecule has 7 heteroatoms. The van der Waals surface area contributed by atoms with Crippen LogP contribution < -0.4 is 5.32 Å². The molecule has 0 saturated carbocycles. The molecule has 1 aliphatic rings. The van der Waals surface area contributed by atoms with Crippen LogP contribution in [-0.2, 0) is 16.0 Å². The summed E-state index contributed by atoms with van der Waals surface area (Å²) in [5.41, 5.74) is 0.764. The monoisotopic (exact) mass is 279 g/mol. The summed E-state index contributed by atoms with van der Waals surface area (Å²) in [7, 11) is 0. The SMILES string of the molecule is CC(C)C[C@@H]1C(=O)NCCN1C(=O)CCc1cn[nH]n1. The Hall–Kier alpha value is -1.92. The summed E-state index contributed by atoms with van der Waals surface area (Å²) in [4.78, 5) is 26.0. The molecule has 2 rings (SSSR count). The highest BCUT2D eigenvalue weighted by Crippen LogP contribution is 2.16. The summed E-state index contributed by atoms with van der Waals surface area (Å²) >= 11 is 0. The van der Waals surface area contributed by atoms with Gasteiger partial charge in [0.15, 0.2) is 0 Å². The molecule has 1 atom stereocenters. The highest BCUT2D eigenvalue weighted by molar-refractivity contribution is 5.88. The molecule has 0 aliphatic carbocycles. The van der Waals surface area contributed by atoms with Crippen molar-refractivity contribution < 1.29 is 9.59 Å². The van der Waals surface area contributed by atoms with Crippen molar-refractivity contribution in [3.8, 4) is 0 Å². The van der Waals surface area contributed by atoms with E-state index in [0.717, 1.165) is 5.69 Å². The maximum Gasteiger partial charge on any atom is 0.242 e. The van der Waals surface area contributed by atoms with E-state index in [1.54, 1.807) is 11.1 Å². The van der Waals surface area contributed by atoms with Gasteiger partial charge in [-0.2, -0.15) is 15.4 Å². The fourth-order valence-electron chi connectivity index (χ4n) is 2.42. The first kappa shape index (κ1) is 14.5. The van der Waals surface area contributed by atoms with Crippen LogP contribution in [0.4, 0.5) is 0 Å². The lowest BCUT2D eigenvalue weighted by Gasteiger charge is -2.36. The zero-order valence-corrected chi connectivity index (χ0v) is 11.9. The Morgan fingerprint density at radius 2 is 2.35 bits per heavy atom. The molecule has 2 N–H and O–H groups in total. The largest absolute Gasteiger partial charge is 0.353 e. The zero-order valence-electron chi connectivity index (χ0n) is 11.9. The maximum absolute atomic E-state index is 12.3. The molecule has 0 bridgehead atoms. The second-order valence-corrected chi connectivity index (χ2v) is 5.48. The third-order valence-corrected chi connectivity index (χ3v) is 3.41. The van der Waals surface area contributed by atoms with Crippen LogP contribution in [0.25, 0.3) is 0 Å². The van der Waals surface area contributed by atoms with Gasteiger partial charge in [-0.05, 0) is 12.3 Å². The van der Waals surface area contributed by atoms with Gasteiger partial charge in [0, 0.05) is 25.9 Å². The average Bonchev–Trinajstić information content (AvgIpc) is 2.91. The van der Waals surface area contributed by atoms with Gasteiger partial charge in [-0.3, -0.25) is 9.59 Å². The number of hydrogen-bond donors (Lipinski definition) is 2. The predicted octanol–water partition coefficient (Wildman–Crippen LogP) is 0.110. The molecule has 0 aromatic carbocycles. The van der Waals surface area contributed by atoms with Crippen molar-refractivity contribution in [3.63, 3.8) is 0 Å². The first-order chi connectivity index (χ1) is 9.58. The van der Waals surface area contributed by atoms with Gasteiger partial charge in [0.05, 0.1) is 11.9 Å². The summed E-state index contributed by atoms with van der Waals surface area (Å²) in [6.45, 7) is 5.23.